The van der Waals surface area contributed by atoms with Gasteiger partial charge in [-0.2, -0.15) is 0 Å². The monoisotopic (exact) mass is 476 g/mol. The number of aromatic nitrogens is 3. The van der Waals surface area contributed by atoms with Crippen LogP contribution in [0.15, 0.2) is 48.8 Å². The second-order valence-electron chi connectivity index (χ2n) is 8.38. The Morgan fingerprint density at radius 3 is 2.88 bits per heavy atom. The maximum Gasteiger partial charge on any atom is 0.181 e. The number of rotatable bonds is 5. The maximum atomic E-state index is 6.77. The summed E-state index contributed by atoms with van der Waals surface area (Å²) in [6.07, 6.45) is 4.61. The number of fused-ring (bicyclic) bond motifs is 2. The van der Waals surface area contributed by atoms with E-state index in [1.165, 1.54) is 5.56 Å². The molecule has 0 saturated carbocycles. The summed E-state index contributed by atoms with van der Waals surface area (Å²) in [7, 11) is 1.69. The third kappa shape index (κ3) is 3.69. The second kappa shape index (κ2) is 8.70. The van der Waals surface area contributed by atoms with Gasteiger partial charge in [0.2, 0.25) is 0 Å². The van der Waals surface area contributed by atoms with Gasteiger partial charge in [-0.25, -0.2) is 9.97 Å². The summed E-state index contributed by atoms with van der Waals surface area (Å²) in [5.74, 6) is 1.42. The van der Waals surface area contributed by atoms with Gasteiger partial charge in [0.1, 0.15) is 16.6 Å². The Kier molecular flexibility index (Phi) is 5.39. The van der Waals surface area contributed by atoms with Gasteiger partial charge >= 0.3 is 0 Å². The van der Waals surface area contributed by atoms with E-state index in [1.54, 1.807) is 13.3 Å². The van der Waals surface area contributed by atoms with E-state index in [-0.39, 0.29) is 0 Å². The SMILES string of the molecule is COc1cc(Nc2nc(-c3ccc4c(c3)NCC4)c(Cl)n3ccnc23)ccc1N1CCOCC1. The number of imidazole rings is 1. The van der Waals surface area contributed by atoms with Crippen LogP contribution in [-0.2, 0) is 11.2 Å². The Labute approximate surface area is 202 Å². The fourth-order valence-corrected chi connectivity index (χ4v) is 4.91. The molecule has 4 aromatic rings. The molecule has 2 aliphatic rings. The highest BCUT2D eigenvalue weighted by Gasteiger charge is 2.19. The summed E-state index contributed by atoms with van der Waals surface area (Å²) in [6.45, 7) is 4.08. The van der Waals surface area contributed by atoms with Gasteiger partial charge < -0.3 is 25.0 Å². The Hall–Kier alpha value is -3.49. The van der Waals surface area contributed by atoms with Crippen LogP contribution >= 0.6 is 11.6 Å². The highest BCUT2D eigenvalue weighted by Crippen LogP contribution is 2.36. The number of halogens is 1. The van der Waals surface area contributed by atoms with Gasteiger partial charge in [-0.15, -0.1) is 0 Å². The molecule has 2 aliphatic heterocycles. The van der Waals surface area contributed by atoms with Crippen molar-refractivity contribution in [3.8, 4) is 17.0 Å². The molecule has 2 aromatic carbocycles. The molecule has 4 heterocycles. The van der Waals surface area contributed by atoms with Gasteiger partial charge in [-0.05, 0) is 30.2 Å². The summed E-state index contributed by atoms with van der Waals surface area (Å²) in [5.41, 5.74) is 6.67. The Morgan fingerprint density at radius 2 is 2.03 bits per heavy atom. The fraction of sp³-hybridized carbons (Fsp3) is 0.280. The fourth-order valence-electron chi connectivity index (χ4n) is 4.62. The highest BCUT2D eigenvalue weighted by molar-refractivity contribution is 6.32. The first-order valence-corrected chi connectivity index (χ1v) is 11.8. The van der Waals surface area contributed by atoms with Crippen molar-refractivity contribution in [1.82, 2.24) is 14.4 Å². The lowest BCUT2D eigenvalue weighted by Gasteiger charge is -2.30. The molecule has 0 aliphatic carbocycles. The molecule has 34 heavy (non-hydrogen) atoms. The summed E-state index contributed by atoms with van der Waals surface area (Å²) in [6, 6.07) is 12.4. The molecule has 0 amide bonds. The number of nitrogens with zero attached hydrogens (tertiary/aromatic N) is 4. The molecule has 1 saturated heterocycles. The molecule has 0 bridgehead atoms. The summed E-state index contributed by atoms with van der Waals surface area (Å²) in [5, 5.41) is 7.39. The van der Waals surface area contributed by atoms with Crippen molar-refractivity contribution in [2.45, 2.75) is 6.42 Å². The van der Waals surface area contributed by atoms with Crippen molar-refractivity contribution in [2.75, 3.05) is 55.5 Å². The number of ether oxygens (including phenoxy) is 2. The zero-order chi connectivity index (χ0) is 23.1. The van der Waals surface area contributed by atoms with E-state index in [2.05, 4.69) is 44.8 Å². The van der Waals surface area contributed by atoms with Crippen LogP contribution < -0.4 is 20.3 Å². The standard InChI is InChI=1S/C25H25ClN6O2/c1-33-21-15-18(4-5-20(21)31-10-12-34-13-11-31)29-24-25-28-8-9-32(25)23(26)22(30-24)17-3-2-16-6-7-27-19(16)14-17/h2-5,8-9,14-15,27H,6-7,10-13H2,1H3,(H,29,30). The largest absolute Gasteiger partial charge is 0.495 e. The summed E-state index contributed by atoms with van der Waals surface area (Å²) >= 11 is 6.77. The van der Waals surface area contributed by atoms with E-state index in [0.717, 1.165) is 67.6 Å². The number of methoxy groups -OCH3 is 1. The van der Waals surface area contributed by atoms with Crippen LogP contribution in [0.25, 0.3) is 16.9 Å². The summed E-state index contributed by atoms with van der Waals surface area (Å²) in [4.78, 5) is 11.7. The normalized spacial score (nSPS) is 15.3. The van der Waals surface area contributed by atoms with Crippen molar-refractivity contribution in [3.63, 3.8) is 0 Å². The van der Waals surface area contributed by atoms with E-state index >= 15 is 0 Å². The zero-order valence-corrected chi connectivity index (χ0v) is 19.6. The number of morpholine rings is 1. The maximum absolute atomic E-state index is 6.77. The topological polar surface area (TPSA) is 76.0 Å². The lowest BCUT2D eigenvalue weighted by molar-refractivity contribution is 0.122. The number of hydrogen-bond donors (Lipinski definition) is 2. The third-order valence-corrected chi connectivity index (χ3v) is 6.73. The van der Waals surface area contributed by atoms with Crippen molar-refractivity contribution in [1.29, 1.82) is 0 Å². The molecule has 174 valence electrons. The van der Waals surface area contributed by atoms with E-state index in [9.17, 15) is 0 Å². The quantitative estimate of drug-likeness (QED) is 0.435. The van der Waals surface area contributed by atoms with Gasteiger partial charge in [-0.3, -0.25) is 4.40 Å². The number of hydrogen-bond acceptors (Lipinski definition) is 7. The molecule has 0 unspecified atom stereocenters. The second-order valence-corrected chi connectivity index (χ2v) is 8.74. The predicted molar refractivity (Wildman–Crippen MR) is 135 cm³/mol. The van der Waals surface area contributed by atoms with Crippen LogP contribution in [0.2, 0.25) is 5.15 Å². The molecule has 9 heteroatoms. The minimum Gasteiger partial charge on any atom is -0.495 e. The van der Waals surface area contributed by atoms with Crippen LogP contribution in [-0.4, -0.2) is 54.3 Å². The molecule has 8 nitrogen and oxygen atoms in total. The van der Waals surface area contributed by atoms with Crippen molar-refractivity contribution in [2.24, 2.45) is 0 Å². The average Bonchev–Trinajstić information content (AvgIpc) is 3.56. The summed E-state index contributed by atoms with van der Waals surface area (Å²) < 4.78 is 13.1. The van der Waals surface area contributed by atoms with Crippen molar-refractivity contribution in [3.05, 3.63) is 59.5 Å². The Morgan fingerprint density at radius 1 is 1.15 bits per heavy atom. The van der Waals surface area contributed by atoms with Crippen LogP contribution in [0.3, 0.4) is 0 Å². The molecule has 1 fully saturated rings. The average molecular weight is 477 g/mol. The number of anilines is 4. The predicted octanol–water partition coefficient (Wildman–Crippen LogP) is 4.61. The molecule has 0 atom stereocenters. The highest BCUT2D eigenvalue weighted by atomic mass is 35.5. The van der Waals surface area contributed by atoms with Gasteiger partial charge in [-0.1, -0.05) is 23.7 Å². The minimum atomic E-state index is 0.524. The molecule has 0 radical (unpaired) electrons. The van der Waals surface area contributed by atoms with Crippen LogP contribution in [0.4, 0.5) is 22.9 Å². The molecular weight excluding hydrogens is 452 g/mol. The lowest BCUT2D eigenvalue weighted by atomic mass is 10.1. The van der Waals surface area contributed by atoms with Gasteiger partial charge in [0.05, 0.1) is 26.0 Å². The van der Waals surface area contributed by atoms with Gasteiger partial charge in [0, 0.05) is 55.0 Å². The van der Waals surface area contributed by atoms with E-state index in [4.69, 9.17) is 26.1 Å². The van der Waals surface area contributed by atoms with E-state index in [0.29, 0.717) is 22.3 Å². The molecule has 6 rings (SSSR count). The first-order valence-electron chi connectivity index (χ1n) is 11.4. The van der Waals surface area contributed by atoms with E-state index < -0.39 is 0 Å². The molecule has 2 aromatic heterocycles. The Bertz CT molecular complexity index is 1370. The van der Waals surface area contributed by atoms with Crippen molar-refractivity contribution < 1.29 is 9.47 Å². The number of benzene rings is 2. The van der Waals surface area contributed by atoms with Crippen LogP contribution in [0.5, 0.6) is 5.75 Å². The Balaban J connectivity index is 1.38. The van der Waals surface area contributed by atoms with E-state index in [1.807, 2.05) is 22.7 Å². The van der Waals surface area contributed by atoms with Crippen LogP contribution in [0.1, 0.15) is 5.56 Å². The first-order chi connectivity index (χ1) is 16.7. The minimum absolute atomic E-state index is 0.524. The van der Waals surface area contributed by atoms with Gasteiger partial charge in [0.25, 0.3) is 0 Å². The molecule has 0 spiro atoms. The molecular formula is C25H25ClN6O2. The lowest BCUT2D eigenvalue weighted by Crippen LogP contribution is -2.36. The smallest absolute Gasteiger partial charge is 0.181 e. The third-order valence-electron chi connectivity index (χ3n) is 6.37. The van der Waals surface area contributed by atoms with Crippen molar-refractivity contribution >= 4 is 40.1 Å². The zero-order valence-electron chi connectivity index (χ0n) is 18.8. The van der Waals surface area contributed by atoms with Gasteiger partial charge in [0.15, 0.2) is 11.5 Å². The number of nitrogens with one attached hydrogen (secondary N) is 2. The molecule has 2 N–H and O–H groups in total. The van der Waals surface area contributed by atoms with Crippen LogP contribution in [0, 0.1) is 0 Å². The first kappa shape index (κ1) is 21.1.